The topological polar surface area (TPSA) is 30.0 Å². The molecule has 3 heteroatoms. The zero-order chi connectivity index (χ0) is 16.4. The van der Waals surface area contributed by atoms with E-state index in [4.69, 9.17) is 11.6 Å². The van der Waals surface area contributed by atoms with Gasteiger partial charge >= 0.3 is 0 Å². The summed E-state index contributed by atoms with van der Waals surface area (Å²) in [6, 6.07) is 17.7. The summed E-state index contributed by atoms with van der Waals surface area (Å²) in [6.07, 6.45) is 1.11. The Hall–Kier alpha value is -2.19. The van der Waals surface area contributed by atoms with Crippen LogP contribution in [0.3, 0.4) is 0 Å². The van der Waals surface area contributed by atoms with Crippen molar-refractivity contribution < 1.29 is 4.79 Å². The van der Waals surface area contributed by atoms with Crippen LogP contribution in [0.15, 0.2) is 54.6 Å². The maximum atomic E-state index is 11.8. The van der Waals surface area contributed by atoms with Crippen LogP contribution in [0.1, 0.15) is 42.1 Å². The number of pyridine rings is 1. The molecule has 0 aliphatic heterocycles. The van der Waals surface area contributed by atoms with Crippen LogP contribution in [0.5, 0.6) is 0 Å². The predicted molar refractivity (Wildman–Crippen MR) is 96.1 cm³/mol. The summed E-state index contributed by atoms with van der Waals surface area (Å²) >= 11 is 5.76. The molecule has 0 saturated carbocycles. The Bertz CT molecular complexity index is 855. The van der Waals surface area contributed by atoms with Crippen molar-refractivity contribution in [2.24, 2.45) is 0 Å². The standard InChI is InChI=1S/C20H18ClNO/c1-3-13(2)14-8-10-15(11-9-14)19-12-17(20(21)23)16-6-4-5-7-18(16)22-19/h4-13H,3H2,1-2H3/t13-/m0/s1. The van der Waals surface area contributed by atoms with Crippen LogP contribution in [0.2, 0.25) is 0 Å². The van der Waals surface area contributed by atoms with E-state index in [9.17, 15) is 4.79 Å². The van der Waals surface area contributed by atoms with Crippen molar-refractivity contribution in [3.05, 3.63) is 65.7 Å². The molecule has 0 N–H and O–H groups in total. The van der Waals surface area contributed by atoms with Gasteiger partial charge in [0.1, 0.15) is 0 Å². The summed E-state index contributed by atoms with van der Waals surface area (Å²) in [6.45, 7) is 4.40. The summed E-state index contributed by atoms with van der Waals surface area (Å²) in [7, 11) is 0. The van der Waals surface area contributed by atoms with E-state index in [1.807, 2.05) is 24.3 Å². The molecule has 0 saturated heterocycles. The van der Waals surface area contributed by atoms with Crippen LogP contribution >= 0.6 is 11.6 Å². The number of benzene rings is 2. The van der Waals surface area contributed by atoms with E-state index < -0.39 is 5.24 Å². The molecule has 1 aromatic heterocycles. The van der Waals surface area contributed by atoms with Crippen LogP contribution in [0, 0.1) is 0 Å². The lowest BCUT2D eigenvalue weighted by atomic mass is 9.96. The molecule has 1 atom stereocenters. The lowest BCUT2D eigenvalue weighted by Gasteiger charge is -2.11. The Morgan fingerprint density at radius 2 is 1.83 bits per heavy atom. The first-order chi connectivity index (χ1) is 11.1. The largest absolute Gasteiger partial charge is 0.276 e. The summed E-state index contributed by atoms with van der Waals surface area (Å²) in [5.74, 6) is 0.536. The van der Waals surface area contributed by atoms with E-state index in [0.29, 0.717) is 11.5 Å². The average Bonchev–Trinajstić information content (AvgIpc) is 2.60. The van der Waals surface area contributed by atoms with Gasteiger partial charge in [-0.2, -0.15) is 0 Å². The summed E-state index contributed by atoms with van der Waals surface area (Å²) in [5.41, 5.74) is 4.34. The fourth-order valence-electron chi connectivity index (χ4n) is 2.70. The Labute approximate surface area is 141 Å². The molecule has 0 fully saturated rings. The summed E-state index contributed by atoms with van der Waals surface area (Å²) in [5, 5.41) is 0.327. The first-order valence-electron chi connectivity index (χ1n) is 7.80. The highest BCUT2D eigenvalue weighted by molar-refractivity contribution is 6.68. The van der Waals surface area contributed by atoms with Crippen LogP contribution in [0.25, 0.3) is 22.2 Å². The lowest BCUT2D eigenvalue weighted by Crippen LogP contribution is -1.96. The number of halogens is 1. The third-order valence-electron chi connectivity index (χ3n) is 4.32. The predicted octanol–water partition coefficient (Wildman–Crippen LogP) is 5.79. The highest BCUT2D eigenvalue weighted by atomic mass is 35.5. The molecule has 0 aliphatic carbocycles. The van der Waals surface area contributed by atoms with Crippen molar-refractivity contribution in [3.8, 4) is 11.3 Å². The number of carbonyl (C=O) groups excluding carboxylic acids is 1. The lowest BCUT2D eigenvalue weighted by molar-refractivity contribution is 0.108. The van der Waals surface area contributed by atoms with Gasteiger partial charge in [-0.3, -0.25) is 4.79 Å². The minimum Gasteiger partial charge on any atom is -0.276 e. The van der Waals surface area contributed by atoms with E-state index in [1.54, 1.807) is 6.07 Å². The van der Waals surface area contributed by atoms with Gasteiger partial charge in [-0.1, -0.05) is 56.3 Å². The first-order valence-corrected chi connectivity index (χ1v) is 8.18. The molecule has 3 rings (SSSR count). The van der Waals surface area contributed by atoms with Gasteiger partial charge in [-0.15, -0.1) is 0 Å². The molecule has 2 aromatic carbocycles. The van der Waals surface area contributed by atoms with E-state index >= 15 is 0 Å². The average molecular weight is 324 g/mol. The quantitative estimate of drug-likeness (QED) is 0.568. The molecule has 0 radical (unpaired) electrons. The summed E-state index contributed by atoms with van der Waals surface area (Å²) in [4.78, 5) is 16.4. The molecule has 0 bridgehead atoms. The minimum atomic E-state index is -0.457. The molecule has 3 aromatic rings. The number of hydrogen-bond donors (Lipinski definition) is 0. The van der Waals surface area contributed by atoms with Crippen LogP contribution in [0.4, 0.5) is 0 Å². The number of carbonyl (C=O) groups is 1. The normalized spacial score (nSPS) is 12.3. The Morgan fingerprint density at radius 3 is 2.48 bits per heavy atom. The molecule has 0 amide bonds. The van der Waals surface area contributed by atoms with Crippen LogP contribution < -0.4 is 0 Å². The van der Waals surface area contributed by atoms with Crippen molar-refractivity contribution in [2.75, 3.05) is 0 Å². The van der Waals surface area contributed by atoms with Crippen molar-refractivity contribution in [3.63, 3.8) is 0 Å². The molecule has 0 aliphatic rings. The second-order valence-electron chi connectivity index (χ2n) is 5.78. The Kier molecular flexibility index (Phi) is 4.44. The Morgan fingerprint density at radius 1 is 1.13 bits per heavy atom. The van der Waals surface area contributed by atoms with E-state index in [0.717, 1.165) is 28.6 Å². The van der Waals surface area contributed by atoms with Crippen LogP contribution in [-0.2, 0) is 0 Å². The fourth-order valence-corrected chi connectivity index (χ4v) is 2.86. The highest BCUT2D eigenvalue weighted by Gasteiger charge is 2.12. The second-order valence-corrected chi connectivity index (χ2v) is 6.12. The number of rotatable bonds is 4. The molecular formula is C20H18ClNO. The molecular weight excluding hydrogens is 306 g/mol. The number of para-hydroxylation sites is 1. The number of aromatic nitrogens is 1. The van der Waals surface area contributed by atoms with E-state index in [1.165, 1.54) is 5.56 Å². The van der Waals surface area contributed by atoms with Crippen molar-refractivity contribution >= 4 is 27.7 Å². The monoisotopic (exact) mass is 323 g/mol. The molecule has 116 valence electrons. The van der Waals surface area contributed by atoms with Gasteiger partial charge in [0.2, 0.25) is 0 Å². The number of fused-ring (bicyclic) bond motifs is 1. The van der Waals surface area contributed by atoms with E-state index in [-0.39, 0.29) is 0 Å². The van der Waals surface area contributed by atoms with Crippen molar-refractivity contribution in [1.29, 1.82) is 0 Å². The van der Waals surface area contributed by atoms with Crippen molar-refractivity contribution in [1.82, 2.24) is 4.98 Å². The SMILES string of the molecule is CC[C@H](C)c1ccc(-c2cc(C(=O)Cl)c3ccccc3n2)cc1. The maximum absolute atomic E-state index is 11.8. The fraction of sp³-hybridized carbons (Fsp3) is 0.200. The molecule has 1 heterocycles. The summed E-state index contributed by atoms with van der Waals surface area (Å²) < 4.78 is 0. The molecule has 0 unspecified atom stereocenters. The zero-order valence-electron chi connectivity index (χ0n) is 13.2. The zero-order valence-corrected chi connectivity index (χ0v) is 14.0. The van der Waals surface area contributed by atoms with Gasteiger partial charge in [-0.25, -0.2) is 4.98 Å². The molecule has 0 spiro atoms. The van der Waals surface area contributed by atoms with Crippen molar-refractivity contribution in [2.45, 2.75) is 26.2 Å². The van der Waals surface area contributed by atoms with Gasteiger partial charge in [-0.05, 0) is 41.6 Å². The second kappa shape index (κ2) is 6.51. The minimum absolute atomic E-state index is 0.457. The smallest absolute Gasteiger partial charge is 0.253 e. The Balaban J connectivity index is 2.11. The van der Waals surface area contributed by atoms with Gasteiger partial charge in [0.05, 0.1) is 11.2 Å². The highest BCUT2D eigenvalue weighted by Crippen LogP contribution is 2.27. The molecule has 23 heavy (non-hydrogen) atoms. The third-order valence-corrected chi connectivity index (χ3v) is 4.52. The van der Waals surface area contributed by atoms with Gasteiger partial charge < -0.3 is 0 Å². The van der Waals surface area contributed by atoms with Gasteiger partial charge in [0.25, 0.3) is 5.24 Å². The van der Waals surface area contributed by atoms with E-state index in [2.05, 4.69) is 43.1 Å². The number of nitrogens with zero attached hydrogens (tertiary/aromatic N) is 1. The van der Waals surface area contributed by atoms with Gasteiger partial charge in [0.15, 0.2) is 0 Å². The van der Waals surface area contributed by atoms with Crippen LogP contribution in [-0.4, -0.2) is 10.2 Å². The molecule has 2 nitrogen and oxygen atoms in total. The number of hydrogen-bond acceptors (Lipinski definition) is 2. The maximum Gasteiger partial charge on any atom is 0.253 e. The van der Waals surface area contributed by atoms with Gasteiger partial charge in [0, 0.05) is 16.5 Å². The third kappa shape index (κ3) is 3.13. The first kappa shape index (κ1) is 15.7.